The summed E-state index contributed by atoms with van der Waals surface area (Å²) in [4.78, 5) is 0. The zero-order valence-electron chi connectivity index (χ0n) is 11.9. The molecule has 106 valence electrons. The van der Waals surface area contributed by atoms with E-state index in [1.165, 1.54) is 0 Å². The number of aromatic nitrogens is 3. The van der Waals surface area contributed by atoms with Gasteiger partial charge in [0.25, 0.3) is 0 Å². The molecule has 2 heterocycles. The van der Waals surface area contributed by atoms with Crippen LogP contribution in [0.3, 0.4) is 0 Å². The maximum absolute atomic E-state index is 5.78. The molecule has 1 N–H and O–H groups in total. The summed E-state index contributed by atoms with van der Waals surface area (Å²) in [5.74, 6) is 0. The van der Waals surface area contributed by atoms with Crippen LogP contribution in [0.25, 0.3) is 5.69 Å². The number of anilines is 1. The van der Waals surface area contributed by atoms with Crippen molar-refractivity contribution in [3.63, 3.8) is 0 Å². The largest absolute Gasteiger partial charge is 0.382 e. The van der Waals surface area contributed by atoms with Crippen molar-refractivity contribution in [2.75, 3.05) is 5.32 Å². The summed E-state index contributed by atoms with van der Waals surface area (Å²) >= 11 is 0. The molecular weight excluding hydrogens is 252 g/mol. The first-order valence-electron chi connectivity index (χ1n) is 7.08. The average Bonchev–Trinajstić information content (AvgIpc) is 2.91. The minimum Gasteiger partial charge on any atom is -0.382 e. The van der Waals surface area contributed by atoms with Gasteiger partial charge < -0.3 is 10.1 Å². The molecule has 2 atom stereocenters. The van der Waals surface area contributed by atoms with E-state index in [0.717, 1.165) is 24.2 Å². The summed E-state index contributed by atoms with van der Waals surface area (Å²) in [6, 6.07) is 8.77. The van der Waals surface area contributed by atoms with Crippen LogP contribution in [0, 0.1) is 0 Å². The lowest BCUT2D eigenvalue weighted by atomic mass is 9.99. The van der Waals surface area contributed by atoms with Gasteiger partial charge in [-0.25, -0.2) is 0 Å². The Labute approximate surface area is 119 Å². The molecule has 2 unspecified atom stereocenters. The first-order chi connectivity index (χ1) is 9.70. The third kappa shape index (κ3) is 2.99. The summed E-state index contributed by atoms with van der Waals surface area (Å²) in [7, 11) is 0. The molecule has 5 heteroatoms. The second kappa shape index (κ2) is 5.63. The average molecular weight is 272 g/mol. The van der Waals surface area contributed by atoms with Crippen molar-refractivity contribution in [1.82, 2.24) is 14.8 Å². The Morgan fingerprint density at radius 3 is 2.55 bits per heavy atom. The van der Waals surface area contributed by atoms with Gasteiger partial charge in [0.15, 0.2) is 0 Å². The fourth-order valence-electron chi connectivity index (χ4n) is 2.85. The number of hydrogen-bond donors (Lipinski definition) is 1. The molecule has 0 aliphatic carbocycles. The summed E-state index contributed by atoms with van der Waals surface area (Å²) < 4.78 is 7.68. The van der Waals surface area contributed by atoms with Gasteiger partial charge >= 0.3 is 0 Å². The van der Waals surface area contributed by atoms with Gasteiger partial charge in [-0.3, -0.25) is 4.57 Å². The summed E-state index contributed by atoms with van der Waals surface area (Å²) in [6.07, 6.45) is 6.13. The van der Waals surface area contributed by atoms with Crippen LogP contribution >= 0.6 is 0 Å². The third-order valence-corrected chi connectivity index (χ3v) is 3.63. The summed E-state index contributed by atoms with van der Waals surface area (Å²) in [5, 5.41) is 11.3. The van der Waals surface area contributed by atoms with Gasteiger partial charge in [-0.1, -0.05) is 6.07 Å². The fraction of sp³-hybridized carbons (Fsp3) is 0.467. The highest BCUT2D eigenvalue weighted by molar-refractivity contribution is 5.51. The highest BCUT2D eigenvalue weighted by Gasteiger charge is 2.24. The van der Waals surface area contributed by atoms with Gasteiger partial charge in [-0.2, -0.15) is 0 Å². The normalized spacial score (nSPS) is 26.4. The SMILES string of the molecule is CC1CC(Nc2cccc(-n3cnnc3)c2)CC(C)O1. The minimum absolute atomic E-state index is 0.317. The summed E-state index contributed by atoms with van der Waals surface area (Å²) in [6.45, 7) is 4.27. The molecule has 3 rings (SSSR count). The van der Waals surface area contributed by atoms with E-state index in [0.29, 0.717) is 18.2 Å². The Hall–Kier alpha value is -1.88. The number of hydrogen-bond acceptors (Lipinski definition) is 4. The second-order valence-corrected chi connectivity index (χ2v) is 5.49. The van der Waals surface area contributed by atoms with Gasteiger partial charge in [-0.15, -0.1) is 10.2 Å². The molecule has 2 aromatic rings. The van der Waals surface area contributed by atoms with E-state index in [1.807, 2.05) is 16.7 Å². The number of nitrogens with zero attached hydrogens (tertiary/aromatic N) is 3. The highest BCUT2D eigenvalue weighted by Crippen LogP contribution is 2.23. The van der Waals surface area contributed by atoms with E-state index < -0.39 is 0 Å². The van der Waals surface area contributed by atoms with Crippen molar-refractivity contribution in [3.05, 3.63) is 36.9 Å². The van der Waals surface area contributed by atoms with Crippen molar-refractivity contribution in [2.24, 2.45) is 0 Å². The molecule has 1 aliphatic rings. The molecule has 5 nitrogen and oxygen atoms in total. The van der Waals surface area contributed by atoms with Crippen LogP contribution in [-0.4, -0.2) is 33.0 Å². The zero-order chi connectivity index (χ0) is 13.9. The lowest BCUT2D eigenvalue weighted by molar-refractivity contribution is -0.0337. The molecule has 0 amide bonds. The van der Waals surface area contributed by atoms with Crippen LogP contribution in [-0.2, 0) is 4.74 Å². The Kier molecular flexibility index (Phi) is 3.69. The van der Waals surface area contributed by atoms with Crippen LogP contribution in [0.5, 0.6) is 0 Å². The van der Waals surface area contributed by atoms with Gasteiger partial charge in [-0.05, 0) is 44.9 Å². The van der Waals surface area contributed by atoms with Crippen LogP contribution in [0.1, 0.15) is 26.7 Å². The molecule has 1 aromatic heterocycles. The maximum atomic E-state index is 5.78. The van der Waals surface area contributed by atoms with Crippen LogP contribution in [0.2, 0.25) is 0 Å². The molecule has 0 radical (unpaired) electrons. The lowest BCUT2D eigenvalue weighted by Crippen LogP contribution is -2.36. The fourth-order valence-corrected chi connectivity index (χ4v) is 2.85. The molecule has 1 aromatic carbocycles. The quantitative estimate of drug-likeness (QED) is 0.933. The van der Waals surface area contributed by atoms with Crippen LogP contribution < -0.4 is 5.32 Å². The summed E-state index contributed by atoms with van der Waals surface area (Å²) in [5.41, 5.74) is 2.19. The predicted molar refractivity (Wildman–Crippen MR) is 78.0 cm³/mol. The molecule has 1 fully saturated rings. The highest BCUT2D eigenvalue weighted by atomic mass is 16.5. The Morgan fingerprint density at radius 1 is 1.15 bits per heavy atom. The molecule has 1 saturated heterocycles. The standard InChI is InChI=1S/C15H20N4O/c1-11-6-14(7-12(2)20-11)18-13-4-3-5-15(8-13)19-9-16-17-10-19/h3-5,8-12,14,18H,6-7H2,1-2H3. The first-order valence-corrected chi connectivity index (χ1v) is 7.08. The molecule has 1 aliphatic heterocycles. The van der Waals surface area contributed by atoms with E-state index >= 15 is 0 Å². The monoisotopic (exact) mass is 272 g/mol. The minimum atomic E-state index is 0.317. The number of rotatable bonds is 3. The van der Waals surface area contributed by atoms with Crippen LogP contribution in [0.15, 0.2) is 36.9 Å². The lowest BCUT2D eigenvalue weighted by Gasteiger charge is -2.33. The van der Waals surface area contributed by atoms with Crippen molar-refractivity contribution < 1.29 is 4.74 Å². The molecule has 0 spiro atoms. The van der Waals surface area contributed by atoms with Crippen LogP contribution in [0.4, 0.5) is 5.69 Å². The van der Waals surface area contributed by atoms with Gasteiger partial charge in [0, 0.05) is 11.7 Å². The number of ether oxygens (including phenoxy) is 1. The molecule has 0 bridgehead atoms. The van der Waals surface area contributed by atoms with Gasteiger partial charge in [0.2, 0.25) is 0 Å². The van der Waals surface area contributed by atoms with Crippen molar-refractivity contribution in [2.45, 2.75) is 44.9 Å². The maximum Gasteiger partial charge on any atom is 0.123 e. The van der Waals surface area contributed by atoms with E-state index in [1.54, 1.807) is 12.7 Å². The van der Waals surface area contributed by atoms with Crippen molar-refractivity contribution >= 4 is 5.69 Å². The van der Waals surface area contributed by atoms with Gasteiger partial charge in [0.1, 0.15) is 12.7 Å². The van der Waals surface area contributed by atoms with E-state index in [4.69, 9.17) is 4.74 Å². The first kappa shape index (κ1) is 13.1. The van der Waals surface area contributed by atoms with Crippen molar-refractivity contribution in [1.29, 1.82) is 0 Å². The van der Waals surface area contributed by atoms with E-state index in [-0.39, 0.29) is 0 Å². The third-order valence-electron chi connectivity index (χ3n) is 3.63. The molecular formula is C15H20N4O. The smallest absolute Gasteiger partial charge is 0.123 e. The Balaban J connectivity index is 1.73. The predicted octanol–water partition coefficient (Wildman–Crippen LogP) is 2.64. The van der Waals surface area contributed by atoms with Gasteiger partial charge in [0.05, 0.1) is 17.9 Å². The zero-order valence-corrected chi connectivity index (χ0v) is 11.9. The topological polar surface area (TPSA) is 52.0 Å². The Bertz CT molecular complexity index is 545. The van der Waals surface area contributed by atoms with Crippen molar-refractivity contribution in [3.8, 4) is 5.69 Å². The molecule has 20 heavy (non-hydrogen) atoms. The van der Waals surface area contributed by atoms with E-state index in [9.17, 15) is 0 Å². The number of benzene rings is 1. The number of nitrogens with one attached hydrogen (secondary N) is 1. The molecule has 0 saturated carbocycles. The second-order valence-electron chi connectivity index (χ2n) is 5.49. The van der Waals surface area contributed by atoms with E-state index in [2.05, 4.69) is 41.5 Å². The Morgan fingerprint density at radius 2 is 1.85 bits per heavy atom.